The van der Waals surface area contributed by atoms with Crippen LogP contribution in [0, 0.1) is 5.92 Å². The molecule has 1 aromatic carbocycles. The average molecular weight is 436 g/mol. The molecule has 2 aromatic heterocycles. The van der Waals surface area contributed by atoms with Gasteiger partial charge in [-0.3, -0.25) is 9.69 Å². The summed E-state index contributed by atoms with van der Waals surface area (Å²) in [4.78, 5) is 39.7. The number of carbonyl (C=O) groups is 2. The smallest absolute Gasteiger partial charge is 0.415 e. The van der Waals surface area contributed by atoms with Crippen molar-refractivity contribution in [2.75, 3.05) is 16.8 Å². The van der Waals surface area contributed by atoms with Crippen LogP contribution in [0.3, 0.4) is 0 Å². The predicted octanol–water partition coefficient (Wildman–Crippen LogP) is 4.12. The second kappa shape index (κ2) is 8.07. The van der Waals surface area contributed by atoms with Crippen LogP contribution in [0.25, 0.3) is 10.7 Å². The fourth-order valence-electron chi connectivity index (χ4n) is 4.18. The molecular formula is C22H21N5O3S. The number of thiazole rings is 1. The fraction of sp³-hybridized carbons (Fsp3) is 0.318. The molecule has 1 N–H and O–H groups in total. The number of para-hydroxylation sites is 1. The monoisotopic (exact) mass is 435 g/mol. The van der Waals surface area contributed by atoms with E-state index in [9.17, 15) is 9.59 Å². The van der Waals surface area contributed by atoms with E-state index in [-0.39, 0.29) is 17.9 Å². The molecule has 2 amide bonds. The summed E-state index contributed by atoms with van der Waals surface area (Å²) in [5.74, 6) is 0.207. The topological polar surface area (TPSA) is 97.3 Å². The first-order chi connectivity index (χ1) is 15.1. The lowest BCUT2D eigenvalue weighted by Gasteiger charge is -2.34. The molecule has 2 fully saturated rings. The van der Waals surface area contributed by atoms with Crippen molar-refractivity contribution in [3.05, 3.63) is 54.3 Å². The van der Waals surface area contributed by atoms with Crippen LogP contribution in [0.1, 0.15) is 25.7 Å². The van der Waals surface area contributed by atoms with E-state index in [0.29, 0.717) is 43.7 Å². The van der Waals surface area contributed by atoms with Crippen molar-refractivity contribution in [2.45, 2.75) is 31.3 Å². The molecule has 0 radical (unpaired) electrons. The number of carbonyl (C=O) groups excluding carboxylic acids is 2. The number of hydrogen-bond donors (Lipinski definition) is 1. The van der Waals surface area contributed by atoms with Crippen molar-refractivity contribution in [1.82, 2.24) is 15.0 Å². The standard InChI is InChI=1S/C22H21N5O3S/c28-19(26-18-13-24-17(12-25-18)20-23-10-11-31-20)15-6-8-22(9-7-15)14-27(21(29)30-22)16-4-2-1-3-5-16/h1-5,10-13,15H,6-9,14H2,(H,25,26,28)/t15-,22-. The number of amides is 2. The highest BCUT2D eigenvalue weighted by Gasteiger charge is 2.48. The van der Waals surface area contributed by atoms with Gasteiger partial charge in [-0.05, 0) is 37.8 Å². The van der Waals surface area contributed by atoms with Crippen LogP contribution < -0.4 is 10.2 Å². The Morgan fingerprint density at radius 3 is 2.61 bits per heavy atom. The molecule has 0 bridgehead atoms. The number of nitrogens with one attached hydrogen (secondary N) is 1. The van der Waals surface area contributed by atoms with Gasteiger partial charge in [0.1, 0.15) is 16.3 Å². The van der Waals surface area contributed by atoms with Crippen molar-refractivity contribution >= 4 is 34.8 Å². The molecular weight excluding hydrogens is 414 g/mol. The Hall–Kier alpha value is -3.33. The average Bonchev–Trinajstić information content (AvgIpc) is 3.44. The second-order valence-electron chi connectivity index (χ2n) is 7.86. The SMILES string of the molecule is O=C1O[C@]2(CC[C@H](C(=O)Nc3cnc(-c4nccs4)cn3)CC2)CN1c1ccccc1. The van der Waals surface area contributed by atoms with Crippen LogP contribution in [0.2, 0.25) is 0 Å². The lowest BCUT2D eigenvalue weighted by molar-refractivity contribution is -0.122. The van der Waals surface area contributed by atoms with E-state index in [2.05, 4.69) is 20.3 Å². The largest absolute Gasteiger partial charge is 0.441 e. The molecule has 1 aliphatic heterocycles. The Morgan fingerprint density at radius 1 is 1.13 bits per heavy atom. The molecule has 3 heterocycles. The van der Waals surface area contributed by atoms with Gasteiger partial charge in [0.15, 0.2) is 5.82 Å². The summed E-state index contributed by atoms with van der Waals surface area (Å²) < 4.78 is 5.78. The van der Waals surface area contributed by atoms with Gasteiger partial charge in [-0.15, -0.1) is 11.3 Å². The third-order valence-corrected chi connectivity index (χ3v) is 6.66. The first-order valence-corrected chi connectivity index (χ1v) is 11.1. The van der Waals surface area contributed by atoms with E-state index < -0.39 is 5.60 Å². The third-order valence-electron chi connectivity index (χ3n) is 5.86. The van der Waals surface area contributed by atoms with Crippen LogP contribution >= 0.6 is 11.3 Å². The minimum absolute atomic E-state index is 0.0737. The zero-order valence-electron chi connectivity index (χ0n) is 16.7. The molecule has 31 heavy (non-hydrogen) atoms. The Labute approximate surface area is 183 Å². The van der Waals surface area contributed by atoms with Crippen LogP contribution in [-0.4, -0.2) is 39.1 Å². The number of benzene rings is 1. The molecule has 0 unspecified atom stereocenters. The number of nitrogens with zero attached hydrogens (tertiary/aromatic N) is 4. The van der Waals surface area contributed by atoms with E-state index in [1.165, 1.54) is 11.3 Å². The molecule has 8 nitrogen and oxygen atoms in total. The summed E-state index contributed by atoms with van der Waals surface area (Å²) in [7, 11) is 0. The molecule has 1 aliphatic carbocycles. The summed E-state index contributed by atoms with van der Waals surface area (Å²) in [6, 6.07) is 9.53. The maximum atomic E-state index is 12.7. The Bertz CT molecular complexity index is 1060. The summed E-state index contributed by atoms with van der Waals surface area (Å²) in [5.41, 5.74) is 1.00. The molecule has 1 saturated carbocycles. The molecule has 1 saturated heterocycles. The van der Waals surface area contributed by atoms with Gasteiger partial charge >= 0.3 is 6.09 Å². The summed E-state index contributed by atoms with van der Waals surface area (Å²) in [5, 5.41) is 5.53. The third kappa shape index (κ3) is 4.00. The minimum atomic E-state index is -0.515. The molecule has 0 atom stereocenters. The van der Waals surface area contributed by atoms with E-state index >= 15 is 0 Å². The van der Waals surface area contributed by atoms with Crippen LogP contribution in [0.4, 0.5) is 16.3 Å². The normalized spacial score (nSPS) is 23.0. The lowest BCUT2D eigenvalue weighted by Crippen LogP contribution is -2.41. The van der Waals surface area contributed by atoms with Gasteiger partial charge in [-0.1, -0.05) is 18.2 Å². The Balaban J connectivity index is 1.18. The summed E-state index contributed by atoms with van der Waals surface area (Å²) in [6.45, 7) is 0.522. The van der Waals surface area contributed by atoms with Crippen molar-refractivity contribution < 1.29 is 14.3 Å². The highest BCUT2D eigenvalue weighted by Crippen LogP contribution is 2.41. The van der Waals surface area contributed by atoms with Crippen molar-refractivity contribution in [3.63, 3.8) is 0 Å². The molecule has 158 valence electrons. The molecule has 1 spiro atoms. The quantitative estimate of drug-likeness (QED) is 0.662. The fourth-order valence-corrected chi connectivity index (χ4v) is 4.78. The van der Waals surface area contributed by atoms with Gasteiger partial charge in [0.25, 0.3) is 0 Å². The van der Waals surface area contributed by atoms with Crippen LogP contribution in [0.5, 0.6) is 0 Å². The van der Waals surface area contributed by atoms with Gasteiger partial charge in [0, 0.05) is 23.2 Å². The highest BCUT2D eigenvalue weighted by atomic mass is 32.1. The number of aromatic nitrogens is 3. The number of rotatable bonds is 4. The maximum Gasteiger partial charge on any atom is 0.415 e. The second-order valence-corrected chi connectivity index (χ2v) is 8.75. The first-order valence-electron chi connectivity index (χ1n) is 10.2. The Morgan fingerprint density at radius 2 is 1.94 bits per heavy atom. The highest BCUT2D eigenvalue weighted by molar-refractivity contribution is 7.13. The van der Waals surface area contributed by atoms with E-state index in [1.807, 2.05) is 35.7 Å². The van der Waals surface area contributed by atoms with Gasteiger partial charge in [-0.2, -0.15) is 0 Å². The first kappa shape index (κ1) is 19.6. The van der Waals surface area contributed by atoms with Crippen molar-refractivity contribution in [2.24, 2.45) is 5.92 Å². The number of hydrogen-bond acceptors (Lipinski definition) is 7. The van der Waals surface area contributed by atoms with Gasteiger partial charge in [0.2, 0.25) is 5.91 Å². The number of ether oxygens (including phenoxy) is 1. The van der Waals surface area contributed by atoms with E-state index in [1.54, 1.807) is 23.5 Å². The van der Waals surface area contributed by atoms with Crippen molar-refractivity contribution in [3.8, 4) is 10.7 Å². The Kier molecular flexibility index (Phi) is 5.11. The van der Waals surface area contributed by atoms with E-state index in [0.717, 1.165) is 10.7 Å². The maximum absolute atomic E-state index is 12.7. The molecule has 3 aromatic rings. The molecule has 2 aliphatic rings. The van der Waals surface area contributed by atoms with Crippen LogP contribution in [0.15, 0.2) is 54.3 Å². The lowest BCUT2D eigenvalue weighted by atomic mass is 9.78. The zero-order chi connectivity index (χ0) is 21.3. The number of anilines is 2. The van der Waals surface area contributed by atoms with Gasteiger partial charge < -0.3 is 10.1 Å². The van der Waals surface area contributed by atoms with Crippen molar-refractivity contribution in [1.29, 1.82) is 0 Å². The van der Waals surface area contributed by atoms with Gasteiger partial charge in [-0.25, -0.2) is 19.7 Å². The summed E-state index contributed by atoms with van der Waals surface area (Å²) in [6.07, 6.45) is 7.20. The predicted molar refractivity (Wildman–Crippen MR) is 117 cm³/mol. The van der Waals surface area contributed by atoms with Crippen LogP contribution in [-0.2, 0) is 9.53 Å². The minimum Gasteiger partial charge on any atom is -0.441 e. The molecule has 9 heteroatoms. The van der Waals surface area contributed by atoms with Gasteiger partial charge in [0.05, 0.1) is 18.9 Å². The molecule has 5 rings (SSSR count). The zero-order valence-corrected chi connectivity index (χ0v) is 17.5. The summed E-state index contributed by atoms with van der Waals surface area (Å²) >= 11 is 1.49. The van der Waals surface area contributed by atoms with E-state index in [4.69, 9.17) is 4.74 Å².